The van der Waals surface area contributed by atoms with Crippen molar-refractivity contribution in [2.75, 3.05) is 13.6 Å². The Labute approximate surface area is 104 Å². The third kappa shape index (κ3) is 3.19. The van der Waals surface area contributed by atoms with E-state index in [-0.39, 0.29) is 0 Å². The highest BCUT2D eigenvalue weighted by Gasteiger charge is 2.17. The molecule has 1 heterocycles. The fourth-order valence-electron chi connectivity index (χ4n) is 2.69. The Morgan fingerprint density at radius 3 is 2.82 bits per heavy atom. The van der Waals surface area contributed by atoms with Gasteiger partial charge in [0.1, 0.15) is 0 Å². The molecule has 1 aliphatic rings. The van der Waals surface area contributed by atoms with Crippen LogP contribution in [0, 0.1) is 5.92 Å². The van der Waals surface area contributed by atoms with Gasteiger partial charge in [0.15, 0.2) is 0 Å². The van der Waals surface area contributed by atoms with Gasteiger partial charge < -0.3 is 9.88 Å². The highest BCUT2D eigenvalue weighted by atomic mass is 15.0. The molecule has 3 nitrogen and oxygen atoms in total. The smallest absolute Gasteiger partial charge is 0.0948 e. The normalized spacial score (nSPS) is 18.6. The number of likely N-dealkylation sites (N-methyl/N-ethyl adjacent to an activating group) is 1. The predicted molar refractivity (Wildman–Crippen MR) is 71.7 cm³/mol. The lowest BCUT2D eigenvalue weighted by atomic mass is 9.83. The average molecular weight is 233 g/mol. The molecule has 1 fully saturated rings. The second-order valence-electron chi connectivity index (χ2n) is 5.01. The standard InChI is InChI=1S/C14H23N3/c1-15-9-13(12-6-4-3-5-7-12)8-14-10-16-11-17(14)2/h8,10-12,15H,3-7,9H2,1-2H3. The zero-order valence-corrected chi connectivity index (χ0v) is 10.9. The number of aryl methyl sites for hydroxylation is 1. The maximum atomic E-state index is 4.18. The fourth-order valence-corrected chi connectivity index (χ4v) is 2.69. The number of imidazole rings is 1. The summed E-state index contributed by atoms with van der Waals surface area (Å²) in [6.07, 6.45) is 13.0. The van der Waals surface area contributed by atoms with E-state index in [1.807, 2.05) is 19.6 Å². The first-order valence-electron chi connectivity index (χ1n) is 6.62. The van der Waals surface area contributed by atoms with Gasteiger partial charge in [0.05, 0.1) is 18.2 Å². The lowest BCUT2D eigenvalue weighted by Crippen LogP contribution is -2.19. The molecule has 94 valence electrons. The first kappa shape index (κ1) is 12.4. The summed E-state index contributed by atoms with van der Waals surface area (Å²) in [5.41, 5.74) is 2.75. The van der Waals surface area contributed by atoms with Gasteiger partial charge in [-0.3, -0.25) is 0 Å². The van der Waals surface area contributed by atoms with Crippen molar-refractivity contribution in [3.8, 4) is 0 Å². The molecule has 1 N–H and O–H groups in total. The zero-order chi connectivity index (χ0) is 12.1. The third-order valence-electron chi connectivity index (χ3n) is 3.70. The predicted octanol–water partition coefficient (Wildman–Crippen LogP) is 2.60. The van der Waals surface area contributed by atoms with Crippen molar-refractivity contribution >= 4 is 6.08 Å². The third-order valence-corrected chi connectivity index (χ3v) is 3.70. The Hall–Kier alpha value is -1.09. The van der Waals surface area contributed by atoms with Crippen LogP contribution in [-0.2, 0) is 7.05 Å². The summed E-state index contributed by atoms with van der Waals surface area (Å²) in [5.74, 6) is 0.770. The molecule has 0 amide bonds. The van der Waals surface area contributed by atoms with Crippen LogP contribution in [0.3, 0.4) is 0 Å². The highest BCUT2D eigenvalue weighted by molar-refractivity contribution is 5.49. The van der Waals surface area contributed by atoms with Crippen molar-refractivity contribution in [1.29, 1.82) is 0 Å². The van der Waals surface area contributed by atoms with E-state index in [9.17, 15) is 0 Å². The van der Waals surface area contributed by atoms with Crippen LogP contribution in [0.4, 0.5) is 0 Å². The molecule has 0 spiro atoms. The summed E-state index contributed by atoms with van der Waals surface area (Å²) >= 11 is 0. The van der Waals surface area contributed by atoms with Gasteiger partial charge in [0, 0.05) is 13.6 Å². The molecule has 1 aliphatic carbocycles. The topological polar surface area (TPSA) is 29.9 Å². The van der Waals surface area contributed by atoms with Crippen LogP contribution in [0.25, 0.3) is 6.08 Å². The van der Waals surface area contributed by atoms with Crippen LogP contribution in [0.15, 0.2) is 18.1 Å². The van der Waals surface area contributed by atoms with Crippen LogP contribution < -0.4 is 5.32 Å². The minimum atomic E-state index is 0.770. The summed E-state index contributed by atoms with van der Waals surface area (Å²) < 4.78 is 2.08. The quantitative estimate of drug-likeness (QED) is 0.866. The van der Waals surface area contributed by atoms with Crippen molar-refractivity contribution in [3.63, 3.8) is 0 Å². The Balaban J connectivity index is 2.15. The van der Waals surface area contributed by atoms with Gasteiger partial charge in [-0.1, -0.05) is 24.8 Å². The van der Waals surface area contributed by atoms with Crippen molar-refractivity contribution in [2.45, 2.75) is 32.1 Å². The van der Waals surface area contributed by atoms with Crippen LogP contribution in [0.2, 0.25) is 0 Å². The summed E-state index contributed by atoms with van der Waals surface area (Å²) in [6, 6.07) is 0. The number of rotatable bonds is 4. The minimum Gasteiger partial charge on any atom is -0.334 e. The molecule has 2 rings (SSSR count). The Kier molecular flexibility index (Phi) is 4.37. The van der Waals surface area contributed by atoms with E-state index < -0.39 is 0 Å². The molecule has 0 radical (unpaired) electrons. The molecular formula is C14H23N3. The lowest BCUT2D eigenvalue weighted by molar-refractivity contribution is 0.398. The molecule has 0 aromatic carbocycles. The minimum absolute atomic E-state index is 0.770. The number of hydrogen-bond acceptors (Lipinski definition) is 2. The van der Waals surface area contributed by atoms with Gasteiger partial charge in [-0.2, -0.15) is 0 Å². The maximum absolute atomic E-state index is 4.18. The van der Waals surface area contributed by atoms with Crippen LogP contribution in [0.1, 0.15) is 37.8 Å². The van der Waals surface area contributed by atoms with Crippen molar-refractivity contribution in [2.24, 2.45) is 13.0 Å². The van der Waals surface area contributed by atoms with Crippen molar-refractivity contribution in [3.05, 3.63) is 23.8 Å². The number of hydrogen-bond donors (Lipinski definition) is 1. The van der Waals surface area contributed by atoms with Crippen molar-refractivity contribution in [1.82, 2.24) is 14.9 Å². The first-order valence-corrected chi connectivity index (χ1v) is 6.62. The molecule has 0 unspecified atom stereocenters. The number of nitrogens with zero attached hydrogens (tertiary/aromatic N) is 2. The lowest BCUT2D eigenvalue weighted by Gasteiger charge is -2.24. The summed E-state index contributed by atoms with van der Waals surface area (Å²) in [4.78, 5) is 4.18. The van der Waals surface area contributed by atoms with E-state index in [0.717, 1.165) is 12.5 Å². The Bertz CT molecular complexity index is 373. The zero-order valence-electron chi connectivity index (χ0n) is 10.9. The summed E-state index contributed by atoms with van der Waals surface area (Å²) in [5, 5.41) is 3.30. The summed E-state index contributed by atoms with van der Waals surface area (Å²) in [7, 11) is 4.08. The molecule has 1 aromatic heterocycles. The highest BCUT2D eigenvalue weighted by Crippen LogP contribution is 2.30. The van der Waals surface area contributed by atoms with E-state index >= 15 is 0 Å². The molecule has 0 aliphatic heterocycles. The van der Waals surface area contributed by atoms with Crippen molar-refractivity contribution < 1.29 is 0 Å². The van der Waals surface area contributed by atoms with E-state index in [0.29, 0.717) is 0 Å². The van der Waals surface area contributed by atoms with E-state index in [1.54, 1.807) is 0 Å². The number of nitrogens with one attached hydrogen (secondary N) is 1. The van der Waals surface area contributed by atoms with Gasteiger partial charge in [-0.25, -0.2) is 4.98 Å². The van der Waals surface area contributed by atoms with E-state index in [1.165, 1.54) is 43.4 Å². The Morgan fingerprint density at radius 1 is 1.47 bits per heavy atom. The molecule has 1 aromatic rings. The molecular weight excluding hydrogens is 210 g/mol. The number of aromatic nitrogens is 2. The van der Waals surface area contributed by atoms with Gasteiger partial charge in [-0.15, -0.1) is 0 Å². The second kappa shape index (κ2) is 6.01. The SMILES string of the molecule is CNCC(=Cc1cncn1C)C1CCCCC1. The van der Waals surface area contributed by atoms with Gasteiger partial charge in [0.25, 0.3) is 0 Å². The van der Waals surface area contributed by atoms with Crippen LogP contribution >= 0.6 is 0 Å². The van der Waals surface area contributed by atoms with Crippen LogP contribution in [-0.4, -0.2) is 23.1 Å². The monoisotopic (exact) mass is 233 g/mol. The second-order valence-corrected chi connectivity index (χ2v) is 5.01. The molecule has 17 heavy (non-hydrogen) atoms. The summed E-state index contributed by atoms with van der Waals surface area (Å²) in [6.45, 7) is 0.996. The molecule has 0 saturated heterocycles. The molecule has 0 bridgehead atoms. The molecule has 0 atom stereocenters. The van der Waals surface area contributed by atoms with Gasteiger partial charge in [-0.05, 0) is 31.9 Å². The molecule has 3 heteroatoms. The fraction of sp³-hybridized carbons (Fsp3) is 0.643. The maximum Gasteiger partial charge on any atom is 0.0948 e. The largest absolute Gasteiger partial charge is 0.334 e. The van der Waals surface area contributed by atoms with Gasteiger partial charge in [0.2, 0.25) is 0 Å². The van der Waals surface area contributed by atoms with Crippen LogP contribution in [0.5, 0.6) is 0 Å². The first-order chi connectivity index (χ1) is 8.31. The van der Waals surface area contributed by atoms with Gasteiger partial charge >= 0.3 is 0 Å². The van der Waals surface area contributed by atoms with E-state index in [2.05, 4.69) is 28.0 Å². The molecule has 1 saturated carbocycles. The average Bonchev–Trinajstić information content (AvgIpc) is 2.76. The van der Waals surface area contributed by atoms with E-state index in [4.69, 9.17) is 0 Å². The Morgan fingerprint density at radius 2 is 2.24 bits per heavy atom.